The average Bonchev–Trinajstić information content (AvgIpc) is 3.21. The van der Waals surface area contributed by atoms with E-state index in [-0.39, 0.29) is 11.6 Å². The standard InChI is InChI=1S/C19H17N3O2/c20-11-14-4-3-6-16(10-14)21-18(23)22-9-8-19(13-22)17-7-2-1-5-15(17)12-24-19/h1-7,10H,8-9,12-13H2,(H,21,23)/t19-/m1/s1. The summed E-state index contributed by atoms with van der Waals surface area (Å²) in [5, 5.41) is 11.8. The van der Waals surface area contributed by atoms with Crippen LogP contribution in [0.5, 0.6) is 0 Å². The molecule has 2 aliphatic rings. The zero-order valence-electron chi connectivity index (χ0n) is 13.2. The van der Waals surface area contributed by atoms with Crippen molar-refractivity contribution in [2.45, 2.75) is 18.6 Å². The van der Waals surface area contributed by atoms with Crippen LogP contribution in [0, 0.1) is 11.3 Å². The molecule has 2 aliphatic heterocycles. The first-order chi connectivity index (χ1) is 11.7. The van der Waals surface area contributed by atoms with Gasteiger partial charge >= 0.3 is 6.03 Å². The monoisotopic (exact) mass is 319 g/mol. The van der Waals surface area contributed by atoms with Crippen LogP contribution in [0.25, 0.3) is 0 Å². The van der Waals surface area contributed by atoms with Gasteiger partial charge in [0, 0.05) is 18.7 Å². The first kappa shape index (κ1) is 14.7. The minimum atomic E-state index is -0.373. The molecule has 1 atom stereocenters. The van der Waals surface area contributed by atoms with Crippen molar-refractivity contribution in [1.29, 1.82) is 5.26 Å². The van der Waals surface area contributed by atoms with Crippen molar-refractivity contribution in [3.05, 3.63) is 65.2 Å². The molecule has 0 aromatic heterocycles. The van der Waals surface area contributed by atoms with Gasteiger partial charge < -0.3 is 15.0 Å². The summed E-state index contributed by atoms with van der Waals surface area (Å²) < 4.78 is 6.07. The summed E-state index contributed by atoms with van der Waals surface area (Å²) in [4.78, 5) is 14.3. The van der Waals surface area contributed by atoms with E-state index in [1.165, 1.54) is 11.1 Å². The minimum absolute atomic E-state index is 0.157. The number of benzene rings is 2. The van der Waals surface area contributed by atoms with E-state index in [0.717, 1.165) is 6.42 Å². The van der Waals surface area contributed by atoms with Gasteiger partial charge in [0.15, 0.2) is 0 Å². The zero-order chi connectivity index (χ0) is 16.6. The molecule has 4 rings (SSSR count). The second-order valence-corrected chi connectivity index (χ2v) is 6.23. The molecule has 2 aromatic rings. The number of hydrogen-bond donors (Lipinski definition) is 1. The Balaban J connectivity index is 1.49. The van der Waals surface area contributed by atoms with E-state index in [2.05, 4.69) is 23.5 Å². The summed E-state index contributed by atoms with van der Waals surface area (Å²) in [6.45, 7) is 1.81. The average molecular weight is 319 g/mol. The number of nitriles is 1. The van der Waals surface area contributed by atoms with Gasteiger partial charge in [-0.3, -0.25) is 0 Å². The lowest BCUT2D eigenvalue weighted by Crippen LogP contribution is -2.36. The number of nitrogens with zero attached hydrogens (tertiary/aromatic N) is 2. The summed E-state index contributed by atoms with van der Waals surface area (Å²) in [5.41, 5.74) is 3.20. The molecule has 0 aliphatic carbocycles. The lowest BCUT2D eigenvalue weighted by Gasteiger charge is -2.25. The largest absolute Gasteiger partial charge is 0.364 e. The molecule has 5 heteroatoms. The van der Waals surface area contributed by atoms with Crippen LogP contribution in [0.15, 0.2) is 48.5 Å². The van der Waals surface area contributed by atoms with Gasteiger partial charge in [0.1, 0.15) is 5.60 Å². The highest BCUT2D eigenvalue weighted by molar-refractivity contribution is 5.89. The van der Waals surface area contributed by atoms with E-state index in [9.17, 15) is 4.79 Å². The first-order valence-electron chi connectivity index (χ1n) is 7.99. The van der Waals surface area contributed by atoms with E-state index in [4.69, 9.17) is 10.00 Å². The second-order valence-electron chi connectivity index (χ2n) is 6.23. The van der Waals surface area contributed by atoms with Gasteiger partial charge in [-0.1, -0.05) is 30.3 Å². The number of carbonyl (C=O) groups is 1. The Morgan fingerprint density at radius 3 is 3.00 bits per heavy atom. The maximum atomic E-state index is 12.5. The predicted octanol–water partition coefficient (Wildman–Crippen LogP) is 3.22. The van der Waals surface area contributed by atoms with Crippen LogP contribution < -0.4 is 5.32 Å². The molecule has 0 bridgehead atoms. The molecule has 0 saturated carbocycles. The van der Waals surface area contributed by atoms with E-state index < -0.39 is 0 Å². The van der Waals surface area contributed by atoms with Crippen molar-refractivity contribution in [3.8, 4) is 6.07 Å². The lowest BCUT2D eigenvalue weighted by atomic mass is 9.92. The number of urea groups is 1. The van der Waals surface area contributed by atoms with Crippen LogP contribution in [0.1, 0.15) is 23.1 Å². The van der Waals surface area contributed by atoms with Gasteiger partial charge in [-0.05, 0) is 29.3 Å². The molecule has 1 fully saturated rings. The van der Waals surface area contributed by atoms with E-state index in [1.807, 2.05) is 12.1 Å². The smallest absolute Gasteiger partial charge is 0.321 e. The second kappa shape index (κ2) is 5.66. The van der Waals surface area contributed by atoms with Crippen molar-refractivity contribution in [2.24, 2.45) is 0 Å². The molecule has 24 heavy (non-hydrogen) atoms. The molecular weight excluding hydrogens is 302 g/mol. The molecule has 1 N–H and O–H groups in total. The van der Waals surface area contributed by atoms with Gasteiger partial charge in [-0.2, -0.15) is 5.26 Å². The van der Waals surface area contributed by atoms with Crippen LogP contribution in [0.4, 0.5) is 10.5 Å². The Hall–Kier alpha value is -2.84. The minimum Gasteiger partial charge on any atom is -0.364 e. The highest BCUT2D eigenvalue weighted by Gasteiger charge is 2.46. The SMILES string of the molecule is N#Cc1cccc(NC(=O)N2CC[C@]3(C2)OCc2ccccc23)c1. The quantitative estimate of drug-likeness (QED) is 0.877. The number of rotatable bonds is 1. The van der Waals surface area contributed by atoms with Crippen molar-refractivity contribution in [2.75, 3.05) is 18.4 Å². The van der Waals surface area contributed by atoms with E-state index in [1.54, 1.807) is 29.2 Å². The lowest BCUT2D eigenvalue weighted by molar-refractivity contribution is -0.0269. The Kier molecular flexibility index (Phi) is 3.47. The highest BCUT2D eigenvalue weighted by atomic mass is 16.5. The van der Waals surface area contributed by atoms with Gasteiger partial charge in [0.05, 0.1) is 24.8 Å². The Morgan fingerprint density at radius 1 is 1.25 bits per heavy atom. The topological polar surface area (TPSA) is 65.4 Å². The van der Waals surface area contributed by atoms with Crippen LogP contribution in [-0.2, 0) is 16.9 Å². The van der Waals surface area contributed by atoms with Crippen molar-refractivity contribution in [1.82, 2.24) is 4.90 Å². The third-order valence-electron chi connectivity index (χ3n) is 4.77. The molecule has 2 amide bonds. The number of ether oxygens (including phenoxy) is 1. The van der Waals surface area contributed by atoms with Crippen molar-refractivity contribution >= 4 is 11.7 Å². The Bertz CT molecular complexity index is 843. The van der Waals surface area contributed by atoms with Gasteiger partial charge in [0.25, 0.3) is 0 Å². The van der Waals surface area contributed by atoms with Gasteiger partial charge in [-0.15, -0.1) is 0 Å². The van der Waals surface area contributed by atoms with E-state index in [0.29, 0.717) is 30.9 Å². The number of carbonyl (C=O) groups excluding carboxylic acids is 1. The maximum absolute atomic E-state index is 12.5. The third-order valence-corrected chi connectivity index (χ3v) is 4.77. The predicted molar refractivity (Wildman–Crippen MR) is 89.3 cm³/mol. The number of anilines is 1. The molecule has 120 valence electrons. The molecule has 5 nitrogen and oxygen atoms in total. The van der Waals surface area contributed by atoms with E-state index >= 15 is 0 Å². The number of fused-ring (bicyclic) bond motifs is 2. The molecule has 0 radical (unpaired) electrons. The Labute approximate surface area is 140 Å². The number of hydrogen-bond acceptors (Lipinski definition) is 3. The first-order valence-corrected chi connectivity index (χ1v) is 7.99. The molecule has 0 unspecified atom stereocenters. The van der Waals surface area contributed by atoms with Crippen molar-refractivity contribution in [3.63, 3.8) is 0 Å². The van der Waals surface area contributed by atoms with Crippen LogP contribution in [0.2, 0.25) is 0 Å². The molecule has 2 aromatic carbocycles. The fourth-order valence-corrected chi connectivity index (χ4v) is 3.55. The maximum Gasteiger partial charge on any atom is 0.321 e. The number of amides is 2. The number of nitrogens with one attached hydrogen (secondary N) is 1. The molecular formula is C19H17N3O2. The summed E-state index contributed by atoms with van der Waals surface area (Å²) in [7, 11) is 0. The summed E-state index contributed by atoms with van der Waals surface area (Å²) in [6, 6.07) is 17.1. The Morgan fingerprint density at radius 2 is 2.12 bits per heavy atom. The van der Waals surface area contributed by atoms with Crippen LogP contribution in [0.3, 0.4) is 0 Å². The van der Waals surface area contributed by atoms with Crippen LogP contribution >= 0.6 is 0 Å². The number of likely N-dealkylation sites (tertiary alicyclic amines) is 1. The third kappa shape index (κ3) is 2.41. The summed E-state index contributed by atoms with van der Waals surface area (Å²) in [6.07, 6.45) is 0.801. The zero-order valence-corrected chi connectivity index (χ0v) is 13.2. The normalized spacial score (nSPS) is 21.5. The van der Waals surface area contributed by atoms with Gasteiger partial charge in [0.2, 0.25) is 0 Å². The van der Waals surface area contributed by atoms with Crippen LogP contribution in [-0.4, -0.2) is 24.0 Å². The van der Waals surface area contributed by atoms with Crippen molar-refractivity contribution < 1.29 is 9.53 Å². The van der Waals surface area contributed by atoms with Gasteiger partial charge in [-0.25, -0.2) is 4.79 Å². The molecule has 1 saturated heterocycles. The molecule has 1 spiro atoms. The summed E-state index contributed by atoms with van der Waals surface area (Å²) >= 11 is 0. The fraction of sp³-hybridized carbons (Fsp3) is 0.263. The molecule has 2 heterocycles. The summed E-state index contributed by atoms with van der Waals surface area (Å²) in [5.74, 6) is 0. The fourth-order valence-electron chi connectivity index (χ4n) is 3.55. The highest BCUT2D eigenvalue weighted by Crippen LogP contribution is 2.43.